The molecule has 1 aliphatic heterocycles. The molecule has 2 aromatic carbocycles. The first kappa shape index (κ1) is 38.6. The SMILES string of the molecule is Cc1c(C)c(S(=O)(=O)NC(=N)NCCC[C@H](NC(=O)CCCNC(=O)OC(C)(C)C)C(=O)c2nc3ccccc3s2)c(C)c2c1OC(C)(C)C2. The Morgan fingerprint density at radius 1 is 1.04 bits per heavy atom. The first-order chi connectivity index (χ1) is 23.3. The van der Waals surface area contributed by atoms with Crippen molar-refractivity contribution in [3.8, 4) is 5.75 Å². The average molecular weight is 729 g/mol. The molecule has 1 atom stereocenters. The summed E-state index contributed by atoms with van der Waals surface area (Å²) < 4.78 is 41.6. The molecule has 2 amide bonds. The lowest BCUT2D eigenvalue weighted by Gasteiger charge is -2.20. The van der Waals surface area contributed by atoms with Crippen LogP contribution < -0.4 is 25.4 Å². The molecule has 5 N–H and O–H groups in total. The number of guanidine groups is 1. The van der Waals surface area contributed by atoms with Crippen LogP contribution in [0.3, 0.4) is 0 Å². The predicted molar refractivity (Wildman–Crippen MR) is 194 cm³/mol. The van der Waals surface area contributed by atoms with Gasteiger partial charge in [-0.2, -0.15) is 0 Å². The number of nitrogens with zero attached hydrogens (tertiary/aromatic N) is 1. The van der Waals surface area contributed by atoms with E-state index in [1.807, 2.05) is 45.0 Å². The molecule has 13 nitrogen and oxygen atoms in total. The van der Waals surface area contributed by atoms with Crippen molar-refractivity contribution in [3.05, 3.63) is 51.5 Å². The lowest BCUT2D eigenvalue weighted by atomic mass is 9.94. The highest BCUT2D eigenvalue weighted by atomic mass is 32.2. The molecule has 3 aromatic rings. The fraction of sp³-hybridized carbons (Fsp3) is 0.514. The normalized spacial score (nSPS) is 14.3. The highest BCUT2D eigenvalue weighted by molar-refractivity contribution is 7.90. The maximum Gasteiger partial charge on any atom is 0.407 e. The third-order valence-corrected chi connectivity index (χ3v) is 10.8. The van der Waals surface area contributed by atoms with Crippen molar-refractivity contribution in [1.82, 2.24) is 25.7 Å². The molecule has 0 unspecified atom stereocenters. The Hall–Kier alpha value is -4.24. The standard InChI is InChI=1S/C35H48N6O7S2/c1-20-21(2)30(22(3)23-19-35(7,8)47-29(20)23)50(45,46)41-32(36)37-17-11-14-25(28(43)31-40-24-13-9-10-15-26(24)49-31)39-27(42)16-12-18-38-33(44)48-34(4,5)6/h9-10,13,15,25H,11-12,14,16-19H2,1-8H3,(H,38,44)(H,39,42)(H3,36,37,41)/t25-/m0/s1. The van der Waals surface area contributed by atoms with Crippen molar-refractivity contribution in [3.63, 3.8) is 0 Å². The largest absolute Gasteiger partial charge is 0.487 e. The fourth-order valence-corrected chi connectivity index (χ4v) is 8.29. The van der Waals surface area contributed by atoms with Crippen LogP contribution in [0, 0.1) is 26.2 Å². The highest BCUT2D eigenvalue weighted by Crippen LogP contribution is 2.43. The third-order valence-electron chi connectivity index (χ3n) is 8.17. The molecule has 50 heavy (non-hydrogen) atoms. The van der Waals surface area contributed by atoms with E-state index in [9.17, 15) is 22.8 Å². The van der Waals surface area contributed by atoms with E-state index < -0.39 is 39.3 Å². The zero-order valence-electron chi connectivity index (χ0n) is 30.0. The minimum absolute atomic E-state index is 0.0642. The monoisotopic (exact) mass is 728 g/mol. The van der Waals surface area contributed by atoms with Crippen LogP contribution >= 0.6 is 11.3 Å². The van der Waals surface area contributed by atoms with Gasteiger partial charge in [0, 0.05) is 31.5 Å². The van der Waals surface area contributed by atoms with Crippen LogP contribution in [0.15, 0.2) is 29.2 Å². The van der Waals surface area contributed by atoms with Crippen molar-refractivity contribution in [2.75, 3.05) is 13.1 Å². The maximum atomic E-state index is 13.6. The summed E-state index contributed by atoms with van der Waals surface area (Å²) in [6.45, 7) is 14.9. The van der Waals surface area contributed by atoms with Crippen LogP contribution in [0.4, 0.5) is 4.79 Å². The fourth-order valence-electron chi connectivity index (χ4n) is 5.80. The number of benzene rings is 2. The van der Waals surface area contributed by atoms with Gasteiger partial charge in [0.05, 0.1) is 21.2 Å². The van der Waals surface area contributed by atoms with Crippen LogP contribution in [0.25, 0.3) is 10.2 Å². The Morgan fingerprint density at radius 3 is 2.40 bits per heavy atom. The summed E-state index contributed by atoms with van der Waals surface area (Å²) >= 11 is 1.24. The van der Waals surface area contributed by atoms with E-state index in [0.717, 1.165) is 21.6 Å². The molecule has 0 saturated heterocycles. The zero-order valence-corrected chi connectivity index (χ0v) is 31.6. The second-order valence-electron chi connectivity index (χ2n) is 14.1. The smallest absolute Gasteiger partial charge is 0.407 e. The molecule has 1 aliphatic rings. The molecule has 15 heteroatoms. The van der Waals surface area contributed by atoms with E-state index in [1.165, 1.54) is 11.3 Å². The average Bonchev–Trinajstić information content (AvgIpc) is 3.59. The lowest BCUT2D eigenvalue weighted by Crippen LogP contribution is -2.43. The number of aromatic nitrogens is 1. The molecular formula is C35H48N6O7S2. The molecule has 0 spiro atoms. The molecule has 2 heterocycles. The lowest BCUT2D eigenvalue weighted by molar-refractivity contribution is -0.121. The number of hydrogen-bond acceptors (Lipinski definition) is 10. The molecule has 0 saturated carbocycles. The van der Waals surface area contributed by atoms with Gasteiger partial charge in [-0.1, -0.05) is 12.1 Å². The summed E-state index contributed by atoms with van der Waals surface area (Å²) in [6, 6.07) is 6.47. The predicted octanol–water partition coefficient (Wildman–Crippen LogP) is 5.19. The number of Topliss-reactive ketones (excluding diaryl/α,β-unsaturated/α-hetero) is 1. The number of carbonyl (C=O) groups excluding carboxylic acids is 3. The van der Waals surface area contributed by atoms with Gasteiger partial charge >= 0.3 is 6.09 Å². The van der Waals surface area contributed by atoms with Crippen LogP contribution in [0.2, 0.25) is 0 Å². The molecule has 272 valence electrons. The second kappa shape index (κ2) is 15.3. The number of nitrogens with one attached hydrogen (secondary N) is 5. The van der Waals surface area contributed by atoms with Crippen LogP contribution in [0.1, 0.15) is 92.4 Å². The maximum absolute atomic E-state index is 13.6. The Kier molecular flexibility index (Phi) is 11.8. The summed E-state index contributed by atoms with van der Waals surface area (Å²) in [4.78, 5) is 43.0. The van der Waals surface area contributed by atoms with Gasteiger partial charge in [0.25, 0.3) is 10.0 Å². The zero-order chi connectivity index (χ0) is 37.0. The van der Waals surface area contributed by atoms with Gasteiger partial charge in [0.15, 0.2) is 5.01 Å². The Morgan fingerprint density at radius 2 is 1.72 bits per heavy atom. The molecular weight excluding hydrogens is 681 g/mol. The van der Waals surface area contributed by atoms with E-state index in [4.69, 9.17) is 14.9 Å². The first-order valence-corrected chi connectivity index (χ1v) is 18.9. The number of ether oxygens (including phenoxy) is 2. The van der Waals surface area contributed by atoms with Crippen molar-refractivity contribution < 1.29 is 32.3 Å². The number of sulfonamides is 1. The molecule has 0 radical (unpaired) electrons. The van der Waals surface area contributed by atoms with E-state index in [1.54, 1.807) is 34.6 Å². The third kappa shape index (κ3) is 9.71. The van der Waals surface area contributed by atoms with Crippen molar-refractivity contribution >= 4 is 55.3 Å². The topological polar surface area (TPSA) is 189 Å². The summed E-state index contributed by atoms with van der Waals surface area (Å²) in [5, 5.41) is 16.8. The van der Waals surface area contributed by atoms with Gasteiger partial charge in [-0.3, -0.25) is 15.0 Å². The quantitative estimate of drug-likeness (QED) is 0.0683. The number of para-hydroxylation sites is 1. The first-order valence-electron chi connectivity index (χ1n) is 16.6. The molecule has 4 rings (SSSR count). The number of hydrogen-bond donors (Lipinski definition) is 5. The Labute approximate surface area is 297 Å². The minimum atomic E-state index is -4.10. The Bertz CT molecular complexity index is 1860. The van der Waals surface area contributed by atoms with Gasteiger partial charge in [0.2, 0.25) is 17.6 Å². The minimum Gasteiger partial charge on any atom is -0.487 e. The number of ketones is 1. The van der Waals surface area contributed by atoms with Gasteiger partial charge in [-0.25, -0.2) is 22.9 Å². The summed E-state index contributed by atoms with van der Waals surface area (Å²) in [5.41, 5.74) is 2.36. The van der Waals surface area contributed by atoms with Crippen molar-refractivity contribution in [2.24, 2.45) is 0 Å². The van der Waals surface area contributed by atoms with E-state index in [2.05, 4.69) is 25.7 Å². The summed E-state index contributed by atoms with van der Waals surface area (Å²) in [5.74, 6) is -0.397. The van der Waals surface area contributed by atoms with Crippen LogP contribution in [-0.2, 0) is 26.0 Å². The van der Waals surface area contributed by atoms with Crippen LogP contribution in [-0.4, -0.2) is 67.5 Å². The molecule has 0 bridgehead atoms. The number of rotatable bonds is 13. The summed E-state index contributed by atoms with van der Waals surface area (Å²) in [7, 11) is -4.10. The van der Waals surface area contributed by atoms with Gasteiger partial charge < -0.3 is 25.4 Å². The second-order valence-corrected chi connectivity index (χ2v) is 16.8. The van der Waals surface area contributed by atoms with Gasteiger partial charge in [-0.05, 0) is 103 Å². The van der Waals surface area contributed by atoms with Crippen molar-refractivity contribution in [2.45, 2.75) is 110 Å². The number of alkyl carbamates (subject to hydrolysis) is 1. The van der Waals surface area contributed by atoms with E-state index in [0.29, 0.717) is 35.9 Å². The number of thiazole rings is 1. The molecule has 0 aliphatic carbocycles. The highest BCUT2D eigenvalue weighted by Gasteiger charge is 2.37. The van der Waals surface area contributed by atoms with Crippen molar-refractivity contribution in [1.29, 1.82) is 5.41 Å². The van der Waals surface area contributed by atoms with E-state index >= 15 is 0 Å². The Balaban J connectivity index is 1.36. The van der Waals surface area contributed by atoms with Gasteiger partial charge in [0.1, 0.15) is 17.0 Å². The molecule has 1 aromatic heterocycles. The van der Waals surface area contributed by atoms with Gasteiger partial charge in [-0.15, -0.1) is 11.3 Å². The number of amides is 2. The number of fused-ring (bicyclic) bond motifs is 2. The molecule has 0 fully saturated rings. The van der Waals surface area contributed by atoms with Crippen LogP contribution in [0.5, 0.6) is 5.75 Å². The van der Waals surface area contributed by atoms with E-state index in [-0.39, 0.29) is 47.5 Å². The summed E-state index contributed by atoms with van der Waals surface area (Å²) in [6.07, 6.45) is 0.933. The number of carbonyl (C=O) groups is 3.